The summed E-state index contributed by atoms with van der Waals surface area (Å²) in [6.07, 6.45) is 0. The van der Waals surface area contributed by atoms with Gasteiger partial charge in [0.25, 0.3) is 5.22 Å². The Morgan fingerprint density at radius 3 is 1.94 bits per heavy atom. The van der Waals surface area contributed by atoms with Crippen LogP contribution in [0.4, 0.5) is 11.4 Å². The average Bonchev–Trinajstić information content (AvgIpc) is 3.25. The largest absolute Gasteiger partial charge is 0.431 e. The van der Waals surface area contributed by atoms with E-state index in [2.05, 4.69) is 10.6 Å². The molecule has 0 radical (unpaired) electrons. The maximum absolute atomic E-state index is 12.7. The highest BCUT2D eigenvalue weighted by atomic mass is 32.2. The molecule has 6 nitrogen and oxygen atoms in total. The fraction of sp³-hybridized carbons (Fsp3) is 0.115. The van der Waals surface area contributed by atoms with E-state index >= 15 is 0 Å². The van der Waals surface area contributed by atoms with E-state index < -0.39 is 5.25 Å². The monoisotopic (exact) mass is 457 g/mol. The van der Waals surface area contributed by atoms with Crippen molar-refractivity contribution in [3.8, 4) is 22.6 Å². The molecular formula is C26H23N3O3S. The predicted molar refractivity (Wildman–Crippen MR) is 132 cm³/mol. The van der Waals surface area contributed by atoms with Crippen molar-refractivity contribution in [1.29, 1.82) is 0 Å². The van der Waals surface area contributed by atoms with Gasteiger partial charge in [0, 0.05) is 29.4 Å². The molecule has 4 aromatic rings. The standard InChI is InChI=1S/C26H23N3O3S/c1-17(25(31)28-22-15-13-21(14-16-22)27-18(2)30)33-26-29-23(19-9-5-3-6-10-19)24(32-26)20-11-7-4-8-12-20/h3-17H,1-2H3,(H,27,30)(H,28,31). The number of benzene rings is 3. The Hall–Kier alpha value is -3.84. The maximum atomic E-state index is 12.7. The van der Waals surface area contributed by atoms with Gasteiger partial charge in [0.15, 0.2) is 5.76 Å². The molecule has 1 heterocycles. The minimum absolute atomic E-state index is 0.146. The Bertz CT molecular complexity index is 1180. The van der Waals surface area contributed by atoms with Crippen molar-refractivity contribution in [1.82, 2.24) is 4.98 Å². The predicted octanol–water partition coefficient (Wildman–Crippen LogP) is 6.09. The van der Waals surface area contributed by atoms with Gasteiger partial charge < -0.3 is 15.1 Å². The van der Waals surface area contributed by atoms with Crippen LogP contribution in [0.15, 0.2) is 94.6 Å². The van der Waals surface area contributed by atoms with E-state index in [1.807, 2.05) is 60.7 Å². The molecule has 0 aliphatic carbocycles. The smallest absolute Gasteiger partial charge is 0.257 e. The summed E-state index contributed by atoms with van der Waals surface area (Å²) in [5.74, 6) is 0.353. The van der Waals surface area contributed by atoms with Gasteiger partial charge in [-0.05, 0) is 31.2 Å². The van der Waals surface area contributed by atoms with Gasteiger partial charge >= 0.3 is 0 Å². The van der Waals surface area contributed by atoms with Crippen LogP contribution in [0.25, 0.3) is 22.6 Å². The summed E-state index contributed by atoms with van der Waals surface area (Å²) < 4.78 is 6.11. The van der Waals surface area contributed by atoms with Crippen molar-refractivity contribution in [3.05, 3.63) is 84.9 Å². The molecule has 1 atom stereocenters. The van der Waals surface area contributed by atoms with Gasteiger partial charge in [-0.15, -0.1) is 0 Å². The molecule has 2 N–H and O–H groups in total. The Balaban J connectivity index is 1.50. The van der Waals surface area contributed by atoms with E-state index in [9.17, 15) is 9.59 Å². The lowest BCUT2D eigenvalue weighted by Gasteiger charge is -2.10. The SMILES string of the molecule is CC(=O)Nc1ccc(NC(=O)C(C)Sc2nc(-c3ccccc3)c(-c3ccccc3)o2)cc1. The first kappa shape index (κ1) is 22.4. The third-order valence-electron chi connectivity index (χ3n) is 4.81. The molecule has 1 unspecified atom stereocenters. The van der Waals surface area contributed by atoms with Gasteiger partial charge in [0.1, 0.15) is 5.69 Å². The van der Waals surface area contributed by atoms with E-state index in [0.717, 1.165) is 16.8 Å². The first-order chi connectivity index (χ1) is 16.0. The number of amides is 2. The molecule has 0 saturated heterocycles. The van der Waals surface area contributed by atoms with Crippen LogP contribution in [0.1, 0.15) is 13.8 Å². The highest BCUT2D eigenvalue weighted by molar-refractivity contribution is 8.00. The molecule has 0 aliphatic rings. The molecule has 0 bridgehead atoms. The lowest BCUT2D eigenvalue weighted by molar-refractivity contribution is -0.115. The van der Waals surface area contributed by atoms with E-state index in [4.69, 9.17) is 9.40 Å². The molecule has 4 rings (SSSR count). The molecule has 0 saturated carbocycles. The quantitative estimate of drug-likeness (QED) is 0.328. The Labute approximate surface area is 196 Å². The number of hydrogen-bond acceptors (Lipinski definition) is 5. The molecule has 3 aromatic carbocycles. The van der Waals surface area contributed by atoms with E-state index in [0.29, 0.717) is 22.4 Å². The van der Waals surface area contributed by atoms with Crippen LogP contribution in [0.3, 0.4) is 0 Å². The number of carbonyl (C=O) groups is 2. The summed E-state index contributed by atoms with van der Waals surface area (Å²) in [6.45, 7) is 3.25. The Morgan fingerprint density at radius 2 is 1.36 bits per heavy atom. The highest BCUT2D eigenvalue weighted by Crippen LogP contribution is 2.36. The summed E-state index contributed by atoms with van der Waals surface area (Å²) in [6, 6.07) is 26.6. The van der Waals surface area contributed by atoms with Crippen molar-refractivity contribution in [2.75, 3.05) is 10.6 Å². The fourth-order valence-corrected chi connectivity index (χ4v) is 3.96. The summed E-state index contributed by atoms with van der Waals surface area (Å²) in [5, 5.41) is 5.57. The Kier molecular flexibility index (Phi) is 6.90. The molecule has 7 heteroatoms. The fourth-order valence-electron chi connectivity index (χ4n) is 3.22. The van der Waals surface area contributed by atoms with Gasteiger partial charge in [-0.3, -0.25) is 9.59 Å². The second kappa shape index (κ2) is 10.2. The molecule has 2 amide bonds. The van der Waals surface area contributed by atoms with Crippen LogP contribution in [-0.2, 0) is 9.59 Å². The third kappa shape index (κ3) is 5.70. The number of nitrogens with zero attached hydrogens (tertiary/aromatic N) is 1. The van der Waals surface area contributed by atoms with Gasteiger partial charge in [0.2, 0.25) is 11.8 Å². The number of nitrogens with one attached hydrogen (secondary N) is 2. The summed E-state index contributed by atoms with van der Waals surface area (Å²) in [7, 11) is 0. The first-order valence-corrected chi connectivity index (χ1v) is 11.3. The lowest BCUT2D eigenvalue weighted by atomic mass is 10.1. The van der Waals surface area contributed by atoms with E-state index in [1.165, 1.54) is 18.7 Å². The molecule has 33 heavy (non-hydrogen) atoms. The summed E-state index contributed by atoms with van der Waals surface area (Å²) in [4.78, 5) is 28.6. The van der Waals surface area contributed by atoms with Crippen LogP contribution in [0.5, 0.6) is 0 Å². The zero-order valence-corrected chi connectivity index (χ0v) is 19.1. The summed E-state index contributed by atoms with van der Waals surface area (Å²) in [5.41, 5.74) is 3.93. The molecule has 0 fully saturated rings. The van der Waals surface area contributed by atoms with Gasteiger partial charge in [-0.2, -0.15) is 0 Å². The average molecular weight is 458 g/mol. The zero-order chi connectivity index (χ0) is 23.2. The summed E-state index contributed by atoms with van der Waals surface area (Å²) >= 11 is 1.26. The molecule has 0 spiro atoms. The van der Waals surface area contributed by atoms with Crippen molar-refractivity contribution < 1.29 is 14.0 Å². The Morgan fingerprint density at radius 1 is 0.818 bits per heavy atom. The van der Waals surface area contributed by atoms with Gasteiger partial charge in [-0.1, -0.05) is 72.4 Å². The van der Waals surface area contributed by atoms with Crippen molar-refractivity contribution in [3.63, 3.8) is 0 Å². The number of anilines is 2. The van der Waals surface area contributed by atoms with Crippen LogP contribution in [-0.4, -0.2) is 22.0 Å². The molecule has 0 aliphatic heterocycles. The highest BCUT2D eigenvalue weighted by Gasteiger charge is 2.22. The van der Waals surface area contributed by atoms with Crippen molar-refractivity contribution in [2.45, 2.75) is 24.3 Å². The minimum atomic E-state index is -0.439. The van der Waals surface area contributed by atoms with Gasteiger partial charge in [0.05, 0.1) is 5.25 Å². The van der Waals surface area contributed by atoms with Crippen LogP contribution in [0, 0.1) is 0 Å². The molecular weight excluding hydrogens is 434 g/mol. The number of rotatable bonds is 7. The molecule has 1 aromatic heterocycles. The van der Waals surface area contributed by atoms with Gasteiger partial charge in [-0.25, -0.2) is 4.98 Å². The zero-order valence-electron chi connectivity index (χ0n) is 18.2. The minimum Gasteiger partial charge on any atom is -0.431 e. The van der Waals surface area contributed by atoms with Crippen LogP contribution < -0.4 is 10.6 Å². The van der Waals surface area contributed by atoms with Crippen molar-refractivity contribution >= 4 is 35.0 Å². The van der Waals surface area contributed by atoms with E-state index in [-0.39, 0.29) is 11.8 Å². The second-order valence-electron chi connectivity index (χ2n) is 7.40. The normalized spacial score (nSPS) is 11.6. The number of hydrogen-bond donors (Lipinski definition) is 2. The second-order valence-corrected chi connectivity index (χ2v) is 8.69. The first-order valence-electron chi connectivity index (χ1n) is 10.5. The maximum Gasteiger partial charge on any atom is 0.257 e. The number of thioether (sulfide) groups is 1. The number of aromatic nitrogens is 1. The topological polar surface area (TPSA) is 84.2 Å². The third-order valence-corrected chi connectivity index (χ3v) is 5.75. The van der Waals surface area contributed by atoms with Crippen LogP contribution in [0.2, 0.25) is 0 Å². The lowest BCUT2D eigenvalue weighted by Crippen LogP contribution is -2.22. The van der Waals surface area contributed by atoms with E-state index in [1.54, 1.807) is 31.2 Å². The number of carbonyl (C=O) groups excluding carboxylic acids is 2. The number of oxazole rings is 1. The molecule has 166 valence electrons. The van der Waals surface area contributed by atoms with Crippen LogP contribution >= 0.6 is 11.8 Å². The van der Waals surface area contributed by atoms with Crippen molar-refractivity contribution in [2.24, 2.45) is 0 Å².